The van der Waals surface area contributed by atoms with Gasteiger partial charge in [-0.25, -0.2) is 9.67 Å². The molecule has 1 amide bonds. The highest BCUT2D eigenvalue weighted by Gasteiger charge is 2.25. The Morgan fingerprint density at radius 1 is 1.07 bits per heavy atom. The molecular formula is C21H25ClN6O+2. The van der Waals surface area contributed by atoms with Crippen molar-refractivity contribution in [2.45, 2.75) is 6.54 Å². The van der Waals surface area contributed by atoms with Crippen molar-refractivity contribution in [3.8, 4) is 5.69 Å². The van der Waals surface area contributed by atoms with Gasteiger partial charge in [-0.05, 0) is 18.2 Å². The highest BCUT2D eigenvalue weighted by atomic mass is 35.5. The number of carbonyl (C=O) groups excluding carboxylic acids is 1. The standard InChI is InChI=1S/C21H23ClN6O/c22-18-6-7-20(28-16-23-15-24-28)19(12-18)25-21(29)14-27-10-8-26(9-11-27)13-17-4-2-1-3-5-17/h1-7,12,15-16H,8-11,13-14H2,(H,25,29)/p+2. The Hall–Kier alpha value is -2.74. The maximum Gasteiger partial charge on any atom is 0.279 e. The number of carbonyl (C=O) groups is 1. The summed E-state index contributed by atoms with van der Waals surface area (Å²) in [7, 11) is 0. The van der Waals surface area contributed by atoms with Crippen molar-refractivity contribution in [2.24, 2.45) is 0 Å². The highest BCUT2D eigenvalue weighted by molar-refractivity contribution is 6.31. The first-order chi connectivity index (χ1) is 14.2. The first kappa shape index (κ1) is 19.6. The van der Waals surface area contributed by atoms with Gasteiger partial charge in [0.2, 0.25) is 0 Å². The van der Waals surface area contributed by atoms with Crippen molar-refractivity contribution in [2.75, 3.05) is 38.0 Å². The number of benzene rings is 2. The number of halogens is 1. The first-order valence-electron chi connectivity index (χ1n) is 9.83. The summed E-state index contributed by atoms with van der Waals surface area (Å²) in [5.74, 6) is -0.0184. The lowest BCUT2D eigenvalue weighted by molar-refractivity contribution is -1.02. The molecule has 29 heavy (non-hydrogen) atoms. The summed E-state index contributed by atoms with van der Waals surface area (Å²) in [6.07, 6.45) is 3.06. The molecule has 3 aromatic rings. The molecule has 4 rings (SSSR count). The number of quaternary nitrogens is 2. The molecule has 0 atom stereocenters. The minimum atomic E-state index is -0.0184. The average Bonchev–Trinajstić information content (AvgIpc) is 3.25. The van der Waals surface area contributed by atoms with Gasteiger partial charge in [0.25, 0.3) is 5.91 Å². The van der Waals surface area contributed by atoms with E-state index >= 15 is 0 Å². The van der Waals surface area contributed by atoms with Crippen LogP contribution < -0.4 is 15.1 Å². The third-order valence-corrected chi connectivity index (χ3v) is 5.51. The Bertz CT molecular complexity index is 939. The number of nitrogens with zero attached hydrogens (tertiary/aromatic N) is 3. The van der Waals surface area contributed by atoms with Gasteiger partial charge in [-0.1, -0.05) is 41.9 Å². The summed E-state index contributed by atoms with van der Waals surface area (Å²) in [4.78, 5) is 19.5. The van der Waals surface area contributed by atoms with Gasteiger partial charge in [0.15, 0.2) is 6.54 Å². The summed E-state index contributed by atoms with van der Waals surface area (Å²) in [6.45, 7) is 5.60. The van der Waals surface area contributed by atoms with Gasteiger partial charge in [0.1, 0.15) is 45.4 Å². The smallest absolute Gasteiger partial charge is 0.279 e. The molecule has 0 spiro atoms. The summed E-state index contributed by atoms with van der Waals surface area (Å²) in [5, 5.41) is 7.71. The molecule has 0 saturated carbocycles. The predicted molar refractivity (Wildman–Crippen MR) is 111 cm³/mol. The molecule has 0 unspecified atom stereocenters. The number of anilines is 1. The molecule has 1 aromatic heterocycles. The molecule has 1 saturated heterocycles. The quantitative estimate of drug-likeness (QED) is 0.527. The second-order valence-electron chi connectivity index (χ2n) is 7.39. The van der Waals surface area contributed by atoms with Gasteiger partial charge in [0.05, 0.1) is 11.4 Å². The van der Waals surface area contributed by atoms with Crippen LogP contribution in [0.15, 0.2) is 61.2 Å². The van der Waals surface area contributed by atoms with Crippen LogP contribution in [0, 0.1) is 0 Å². The number of piperazine rings is 1. The molecule has 1 fully saturated rings. The van der Waals surface area contributed by atoms with E-state index in [0.717, 1.165) is 38.4 Å². The van der Waals surface area contributed by atoms with Crippen LogP contribution in [0.5, 0.6) is 0 Å². The third-order valence-electron chi connectivity index (χ3n) is 5.27. The largest absolute Gasteiger partial charge is 0.322 e. The molecule has 0 radical (unpaired) electrons. The number of rotatable bonds is 6. The molecule has 3 N–H and O–H groups in total. The summed E-state index contributed by atoms with van der Waals surface area (Å²) in [5.41, 5.74) is 2.75. The van der Waals surface area contributed by atoms with E-state index in [2.05, 4.69) is 39.7 Å². The molecule has 2 heterocycles. The topological polar surface area (TPSA) is 68.7 Å². The Morgan fingerprint density at radius 2 is 1.83 bits per heavy atom. The summed E-state index contributed by atoms with van der Waals surface area (Å²) in [6, 6.07) is 15.9. The maximum absolute atomic E-state index is 12.7. The van der Waals surface area contributed by atoms with Crippen molar-refractivity contribution >= 4 is 23.2 Å². The fourth-order valence-corrected chi connectivity index (χ4v) is 3.93. The van der Waals surface area contributed by atoms with Crippen LogP contribution in [0.25, 0.3) is 5.69 Å². The number of hydrogen-bond donors (Lipinski definition) is 3. The highest BCUT2D eigenvalue weighted by Crippen LogP contribution is 2.23. The van der Waals surface area contributed by atoms with Gasteiger partial charge in [0, 0.05) is 10.6 Å². The van der Waals surface area contributed by atoms with Crippen molar-refractivity contribution in [3.05, 3.63) is 71.8 Å². The fourth-order valence-electron chi connectivity index (χ4n) is 3.76. The third kappa shape index (κ3) is 5.20. The Labute approximate surface area is 174 Å². The van der Waals surface area contributed by atoms with Crippen molar-refractivity contribution in [1.82, 2.24) is 14.8 Å². The van der Waals surface area contributed by atoms with E-state index in [9.17, 15) is 4.79 Å². The Morgan fingerprint density at radius 3 is 2.55 bits per heavy atom. The van der Waals surface area contributed by atoms with Crippen LogP contribution in [0.4, 0.5) is 5.69 Å². The zero-order valence-corrected chi connectivity index (χ0v) is 16.9. The Kier molecular flexibility index (Phi) is 6.19. The fraction of sp³-hybridized carbons (Fsp3) is 0.286. The molecule has 150 valence electrons. The molecule has 0 bridgehead atoms. The van der Waals surface area contributed by atoms with E-state index in [1.165, 1.54) is 16.8 Å². The molecule has 0 aliphatic carbocycles. The van der Waals surface area contributed by atoms with Crippen molar-refractivity contribution in [1.29, 1.82) is 0 Å². The van der Waals surface area contributed by atoms with E-state index in [4.69, 9.17) is 11.6 Å². The monoisotopic (exact) mass is 412 g/mol. The number of hydrogen-bond acceptors (Lipinski definition) is 3. The van der Waals surface area contributed by atoms with Crippen LogP contribution in [-0.2, 0) is 11.3 Å². The second-order valence-corrected chi connectivity index (χ2v) is 7.83. The van der Waals surface area contributed by atoms with Crippen LogP contribution >= 0.6 is 11.6 Å². The average molecular weight is 413 g/mol. The predicted octanol–water partition coefficient (Wildman–Crippen LogP) is -0.157. The van der Waals surface area contributed by atoms with Gasteiger partial charge in [-0.15, -0.1) is 0 Å². The van der Waals surface area contributed by atoms with Gasteiger partial charge >= 0.3 is 0 Å². The zero-order valence-electron chi connectivity index (χ0n) is 16.1. The number of amides is 1. The lowest BCUT2D eigenvalue weighted by Crippen LogP contribution is -3.28. The number of nitrogens with one attached hydrogen (secondary N) is 3. The van der Waals surface area contributed by atoms with Gasteiger partial charge in [-0.3, -0.25) is 4.79 Å². The Balaban J connectivity index is 1.31. The normalized spacial score (nSPS) is 19.1. The van der Waals surface area contributed by atoms with Crippen LogP contribution in [0.1, 0.15) is 5.56 Å². The van der Waals surface area contributed by atoms with E-state index in [1.54, 1.807) is 28.0 Å². The van der Waals surface area contributed by atoms with Crippen LogP contribution in [0.2, 0.25) is 5.02 Å². The minimum Gasteiger partial charge on any atom is -0.322 e. The van der Waals surface area contributed by atoms with Crippen LogP contribution in [-0.4, -0.2) is 53.4 Å². The summed E-state index contributed by atoms with van der Waals surface area (Å²) < 4.78 is 1.62. The molecule has 1 aliphatic rings. The molecular weight excluding hydrogens is 388 g/mol. The van der Waals surface area contributed by atoms with E-state index in [1.807, 2.05) is 12.1 Å². The van der Waals surface area contributed by atoms with Crippen molar-refractivity contribution < 1.29 is 14.6 Å². The molecule has 1 aliphatic heterocycles. The van der Waals surface area contributed by atoms with E-state index in [0.29, 0.717) is 17.3 Å². The number of aromatic nitrogens is 3. The molecule has 7 nitrogen and oxygen atoms in total. The van der Waals surface area contributed by atoms with E-state index in [-0.39, 0.29) is 5.91 Å². The SMILES string of the molecule is O=C(C[NH+]1CC[NH+](Cc2ccccc2)CC1)Nc1cc(Cl)ccc1-n1cncn1. The zero-order chi connectivity index (χ0) is 20.1. The van der Waals surface area contributed by atoms with Crippen molar-refractivity contribution in [3.63, 3.8) is 0 Å². The van der Waals surface area contributed by atoms with Crippen LogP contribution in [0.3, 0.4) is 0 Å². The van der Waals surface area contributed by atoms with Gasteiger partial charge in [-0.2, -0.15) is 5.10 Å². The first-order valence-corrected chi connectivity index (χ1v) is 10.2. The molecule has 2 aromatic carbocycles. The second kappa shape index (κ2) is 9.17. The minimum absolute atomic E-state index is 0.0184. The summed E-state index contributed by atoms with van der Waals surface area (Å²) >= 11 is 6.13. The lowest BCUT2D eigenvalue weighted by Gasteiger charge is -2.29. The van der Waals surface area contributed by atoms with Gasteiger partial charge < -0.3 is 15.1 Å². The molecule has 8 heteroatoms. The maximum atomic E-state index is 12.7. The van der Waals surface area contributed by atoms with E-state index < -0.39 is 0 Å². The lowest BCUT2D eigenvalue weighted by atomic mass is 10.2.